The summed E-state index contributed by atoms with van der Waals surface area (Å²) in [5.41, 5.74) is 1.34. The van der Waals surface area contributed by atoms with Crippen LogP contribution in [-0.2, 0) is 5.54 Å². The molecule has 0 bridgehead atoms. The van der Waals surface area contributed by atoms with Gasteiger partial charge in [0.05, 0.1) is 17.8 Å². The second kappa shape index (κ2) is 8.18. The number of carbonyl (C=O) groups excluding carboxylic acids is 1. The Morgan fingerprint density at radius 2 is 1.85 bits per heavy atom. The Kier molecular flexibility index (Phi) is 5.94. The number of nitrogens with one attached hydrogen (secondary N) is 2. The standard InChI is InChI=1S/C19H25N5O.ClH/c25-18(17-14-24(23-22-17)16-8-12-20-13-9-16)21-19(10-4-5-11-19)15-6-2-1-3-7-15;/h1-3,6-7,14,16,20H,4-5,8-13H2,(H,21,25);1H. The molecule has 0 unspecified atom stereocenters. The van der Waals surface area contributed by atoms with Gasteiger partial charge < -0.3 is 10.6 Å². The average Bonchev–Trinajstić information content (AvgIpc) is 3.34. The van der Waals surface area contributed by atoms with E-state index in [1.807, 2.05) is 22.9 Å². The molecule has 2 heterocycles. The third-order valence-electron chi connectivity index (χ3n) is 5.56. The van der Waals surface area contributed by atoms with Crippen LogP contribution in [0, 0.1) is 0 Å². The number of nitrogens with zero attached hydrogens (tertiary/aromatic N) is 3. The van der Waals surface area contributed by atoms with Crippen molar-refractivity contribution in [3.8, 4) is 0 Å². The molecular formula is C19H26ClN5O. The van der Waals surface area contributed by atoms with Crippen LogP contribution in [0.15, 0.2) is 36.5 Å². The van der Waals surface area contributed by atoms with Crippen LogP contribution in [0.2, 0.25) is 0 Å². The van der Waals surface area contributed by atoms with Crippen LogP contribution >= 0.6 is 12.4 Å². The third kappa shape index (κ3) is 3.76. The summed E-state index contributed by atoms with van der Waals surface area (Å²) in [5.74, 6) is -0.120. The van der Waals surface area contributed by atoms with Crippen molar-refractivity contribution >= 4 is 18.3 Å². The molecule has 7 heteroatoms. The molecule has 1 aliphatic heterocycles. The van der Waals surface area contributed by atoms with Crippen molar-refractivity contribution in [2.45, 2.75) is 50.1 Å². The number of hydrogen-bond acceptors (Lipinski definition) is 4. The van der Waals surface area contributed by atoms with E-state index in [1.54, 1.807) is 6.20 Å². The van der Waals surface area contributed by atoms with E-state index in [0.717, 1.165) is 51.6 Å². The monoisotopic (exact) mass is 375 g/mol. The largest absolute Gasteiger partial charge is 0.341 e. The van der Waals surface area contributed by atoms with Gasteiger partial charge in [0.2, 0.25) is 0 Å². The van der Waals surface area contributed by atoms with E-state index in [4.69, 9.17) is 0 Å². The lowest BCUT2D eigenvalue weighted by molar-refractivity contribution is 0.0893. The van der Waals surface area contributed by atoms with Gasteiger partial charge in [-0.25, -0.2) is 4.68 Å². The van der Waals surface area contributed by atoms with E-state index in [0.29, 0.717) is 11.7 Å². The number of hydrogen-bond donors (Lipinski definition) is 2. The number of carbonyl (C=O) groups is 1. The number of aromatic nitrogens is 3. The van der Waals surface area contributed by atoms with Gasteiger partial charge in [0.15, 0.2) is 5.69 Å². The van der Waals surface area contributed by atoms with Crippen LogP contribution in [0.3, 0.4) is 0 Å². The second-order valence-electron chi connectivity index (χ2n) is 7.17. The molecule has 1 saturated carbocycles. The van der Waals surface area contributed by atoms with E-state index in [1.165, 1.54) is 5.56 Å². The molecule has 140 valence electrons. The van der Waals surface area contributed by atoms with Crippen molar-refractivity contribution < 1.29 is 4.79 Å². The van der Waals surface area contributed by atoms with Crippen molar-refractivity contribution in [3.05, 3.63) is 47.8 Å². The first-order valence-electron chi connectivity index (χ1n) is 9.27. The summed E-state index contributed by atoms with van der Waals surface area (Å²) in [6, 6.07) is 10.6. The van der Waals surface area contributed by atoms with E-state index in [9.17, 15) is 4.79 Å². The average molecular weight is 376 g/mol. The van der Waals surface area contributed by atoms with Gasteiger partial charge in [-0.2, -0.15) is 0 Å². The fourth-order valence-electron chi connectivity index (χ4n) is 4.13. The highest BCUT2D eigenvalue weighted by Crippen LogP contribution is 2.38. The molecule has 6 nitrogen and oxygen atoms in total. The van der Waals surface area contributed by atoms with Gasteiger partial charge in [-0.1, -0.05) is 48.4 Å². The van der Waals surface area contributed by atoms with E-state index >= 15 is 0 Å². The fourth-order valence-corrected chi connectivity index (χ4v) is 4.13. The summed E-state index contributed by atoms with van der Waals surface area (Å²) in [7, 11) is 0. The molecule has 0 atom stereocenters. The van der Waals surface area contributed by atoms with Crippen LogP contribution < -0.4 is 10.6 Å². The molecule has 1 aromatic carbocycles. The Labute approximate surface area is 160 Å². The Bertz CT molecular complexity index is 721. The van der Waals surface area contributed by atoms with Gasteiger partial charge in [-0.15, -0.1) is 17.5 Å². The van der Waals surface area contributed by atoms with Crippen LogP contribution in [-0.4, -0.2) is 34.0 Å². The van der Waals surface area contributed by atoms with Crippen LogP contribution in [0.4, 0.5) is 0 Å². The van der Waals surface area contributed by atoms with Gasteiger partial charge in [-0.05, 0) is 44.3 Å². The minimum absolute atomic E-state index is 0. The summed E-state index contributed by atoms with van der Waals surface area (Å²) >= 11 is 0. The summed E-state index contributed by atoms with van der Waals surface area (Å²) in [6.07, 6.45) is 8.08. The van der Waals surface area contributed by atoms with E-state index in [-0.39, 0.29) is 23.9 Å². The first-order chi connectivity index (χ1) is 12.3. The van der Waals surface area contributed by atoms with E-state index < -0.39 is 0 Å². The third-order valence-corrected chi connectivity index (χ3v) is 5.56. The normalized spacial score (nSPS) is 19.7. The Morgan fingerprint density at radius 1 is 1.15 bits per heavy atom. The molecular weight excluding hydrogens is 350 g/mol. The Morgan fingerprint density at radius 3 is 2.54 bits per heavy atom. The molecule has 0 spiro atoms. The molecule has 4 rings (SSSR count). The van der Waals surface area contributed by atoms with E-state index in [2.05, 4.69) is 33.1 Å². The maximum Gasteiger partial charge on any atom is 0.274 e. The molecule has 1 aliphatic carbocycles. The highest BCUT2D eigenvalue weighted by Gasteiger charge is 2.37. The van der Waals surface area contributed by atoms with Crippen molar-refractivity contribution in [1.29, 1.82) is 0 Å². The molecule has 2 aromatic rings. The van der Waals surface area contributed by atoms with Gasteiger partial charge >= 0.3 is 0 Å². The fraction of sp³-hybridized carbons (Fsp3) is 0.526. The van der Waals surface area contributed by atoms with Crippen LogP contribution in [0.5, 0.6) is 0 Å². The Hall–Kier alpha value is -1.92. The number of halogens is 1. The van der Waals surface area contributed by atoms with Crippen molar-refractivity contribution in [3.63, 3.8) is 0 Å². The van der Waals surface area contributed by atoms with Crippen LogP contribution in [0.1, 0.15) is 60.6 Å². The highest BCUT2D eigenvalue weighted by molar-refractivity contribution is 5.92. The minimum atomic E-state index is -0.267. The lowest BCUT2D eigenvalue weighted by Crippen LogP contribution is -2.44. The SMILES string of the molecule is Cl.O=C(NC1(c2ccccc2)CCCC1)c1cn(C2CCNCC2)nn1. The zero-order valence-electron chi connectivity index (χ0n) is 14.9. The molecule has 1 amide bonds. The Balaban J connectivity index is 0.00000196. The first-order valence-corrected chi connectivity index (χ1v) is 9.27. The zero-order chi connectivity index (χ0) is 17.1. The number of rotatable bonds is 4. The summed E-state index contributed by atoms with van der Waals surface area (Å²) < 4.78 is 1.86. The quantitative estimate of drug-likeness (QED) is 0.861. The molecule has 1 saturated heterocycles. The summed E-state index contributed by atoms with van der Waals surface area (Å²) in [4.78, 5) is 12.8. The number of amides is 1. The molecule has 2 aliphatic rings. The number of benzene rings is 1. The van der Waals surface area contributed by atoms with Gasteiger partial charge in [0.25, 0.3) is 5.91 Å². The predicted octanol–water partition coefficient (Wildman–Crippen LogP) is 2.82. The molecule has 2 fully saturated rings. The van der Waals surface area contributed by atoms with Crippen molar-refractivity contribution in [2.75, 3.05) is 13.1 Å². The topological polar surface area (TPSA) is 71.8 Å². The summed E-state index contributed by atoms with van der Waals surface area (Å²) in [6.45, 7) is 1.98. The van der Waals surface area contributed by atoms with Crippen LogP contribution in [0.25, 0.3) is 0 Å². The lowest BCUT2D eigenvalue weighted by Gasteiger charge is -2.30. The maximum atomic E-state index is 12.8. The smallest absolute Gasteiger partial charge is 0.274 e. The minimum Gasteiger partial charge on any atom is -0.341 e. The second-order valence-corrected chi connectivity index (χ2v) is 7.17. The molecule has 26 heavy (non-hydrogen) atoms. The molecule has 1 aromatic heterocycles. The molecule has 0 radical (unpaired) electrons. The summed E-state index contributed by atoms with van der Waals surface area (Å²) in [5, 5.41) is 15.0. The lowest BCUT2D eigenvalue weighted by atomic mass is 9.88. The van der Waals surface area contributed by atoms with Gasteiger partial charge in [-0.3, -0.25) is 4.79 Å². The zero-order valence-corrected chi connectivity index (χ0v) is 15.7. The maximum absolute atomic E-state index is 12.8. The van der Waals surface area contributed by atoms with Gasteiger partial charge in [0, 0.05) is 0 Å². The first kappa shape index (κ1) is 18.9. The highest BCUT2D eigenvalue weighted by atomic mass is 35.5. The van der Waals surface area contributed by atoms with Crippen molar-refractivity contribution in [1.82, 2.24) is 25.6 Å². The molecule has 2 N–H and O–H groups in total. The van der Waals surface area contributed by atoms with Crippen molar-refractivity contribution in [2.24, 2.45) is 0 Å². The number of piperidine rings is 1. The van der Waals surface area contributed by atoms with Gasteiger partial charge in [0.1, 0.15) is 0 Å². The predicted molar refractivity (Wildman–Crippen MR) is 102 cm³/mol.